The van der Waals surface area contributed by atoms with Gasteiger partial charge in [0.25, 0.3) is 0 Å². The maximum absolute atomic E-state index is 5.79. The smallest absolute Gasteiger partial charge is 0.138 e. The molecule has 3 rings (SSSR count). The first-order chi connectivity index (χ1) is 9.04. The number of imidazole rings is 1. The minimum absolute atomic E-state index is 0.782. The Hall–Kier alpha value is -2.29. The summed E-state index contributed by atoms with van der Waals surface area (Å²) in [6, 6.07) is 10.2. The second-order valence-corrected chi connectivity index (χ2v) is 5.11. The molecule has 3 nitrogen and oxygen atoms in total. The largest absolute Gasteiger partial charge is 0.399 e. The molecule has 0 unspecified atom stereocenters. The number of H-pyrrole nitrogens is 1. The van der Waals surface area contributed by atoms with Crippen LogP contribution in [0, 0.1) is 20.8 Å². The lowest BCUT2D eigenvalue weighted by molar-refractivity contribution is 1.31. The van der Waals surface area contributed by atoms with Gasteiger partial charge in [0.1, 0.15) is 5.82 Å². The van der Waals surface area contributed by atoms with Crippen molar-refractivity contribution in [3.63, 3.8) is 0 Å². The van der Waals surface area contributed by atoms with Gasteiger partial charge in [-0.2, -0.15) is 0 Å². The zero-order valence-electron chi connectivity index (χ0n) is 11.4. The molecule has 0 radical (unpaired) electrons. The van der Waals surface area contributed by atoms with E-state index >= 15 is 0 Å². The molecule has 0 bridgehead atoms. The second kappa shape index (κ2) is 4.12. The van der Waals surface area contributed by atoms with Crippen LogP contribution in [0.25, 0.3) is 22.4 Å². The van der Waals surface area contributed by atoms with E-state index in [9.17, 15) is 0 Å². The molecular weight excluding hydrogens is 234 g/mol. The third-order valence-electron chi connectivity index (χ3n) is 3.60. The van der Waals surface area contributed by atoms with Crippen LogP contribution in [0.2, 0.25) is 0 Å². The lowest BCUT2D eigenvalue weighted by Crippen LogP contribution is -1.89. The number of hydrogen-bond acceptors (Lipinski definition) is 2. The van der Waals surface area contributed by atoms with Gasteiger partial charge in [0.2, 0.25) is 0 Å². The predicted octanol–water partition coefficient (Wildman–Crippen LogP) is 3.74. The number of benzene rings is 2. The molecule has 0 aliphatic carbocycles. The first-order valence-electron chi connectivity index (χ1n) is 6.38. The third-order valence-corrected chi connectivity index (χ3v) is 3.60. The van der Waals surface area contributed by atoms with Crippen molar-refractivity contribution in [2.75, 3.05) is 5.73 Å². The highest BCUT2D eigenvalue weighted by Crippen LogP contribution is 2.26. The molecule has 3 N–H and O–H groups in total. The molecule has 0 spiro atoms. The van der Waals surface area contributed by atoms with Crippen LogP contribution in [-0.4, -0.2) is 9.97 Å². The molecule has 0 amide bonds. The molecule has 1 heterocycles. The highest BCUT2D eigenvalue weighted by Gasteiger charge is 2.09. The predicted molar refractivity (Wildman–Crippen MR) is 80.2 cm³/mol. The van der Waals surface area contributed by atoms with E-state index in [1.807, 2.05) is 18.2 Å². The molecule has 3 aromatic rings. The molecule has 0 atom stereocenters. The van der Waals surface area contributed by atoms with Crippen molar-refractivity contribution < 1.29 is 0 Å². The van der Waals surface area contributed by atoms with Crippen LogP contribution >= 0.6 is 0 Å². The zero-order chi connectivity index (χ0) is 13.6. The number of aromatic nitrogens is 2. The summed E-state index contributed by atoms with van der Waals surface area (Å²) in [7, 11) is 0. The Kier molecular flexibility index (Phi) is 2.56. The van der Waals surface area contributed by atoms with Gasteiger partial charge < -0.3 is 10.7 Å². The molecule has 0 saturated carbocycles. The minimum atomic E-state index is 0.782. The molecule has 1 aromatic heterocycles. The molecular formula is C16H17N3. The maximum Gasteiger partial charge on any atom is 0.138 e. The van der Waals surface area contributed by atoms with Crippen LogP contribution in [0.4, 0.5) is 5.69 Å². The van der Waals surface area contributed by atoms with Crippen molar-refractivity contribution in [1.82, 2.24) is 9.97 Å². The molecule has 0 aliphatic rings. The monoisotopic (exact) mass is 251 g/mol. The van der Waals surface area contributed by atoms with Gasteiger partial charge in [-0.1, -0.05) is 0 Å². The quantitative estimate of drug-likeness (QED) is 0.647. The number of aryl methyl sites for hydroxylation is 3. The molecule has 0 fully saturated rings. The average Bonchev–Trinajstić information content (AvgIpc) is 2.72. The molecule has 19 heavy (non-hydrogen) atoms. The van der Waals surface area contributed by atoms with Gasteiger partial charge in [-0.05, 0) is 67.8 Å². The molecule has 3 heteroatoms. The molecule has 2 aromatic carbocycles. The van der Waals surface area contributed by atoms with Crippen LogP contribution in [0.1, 0.15) is 16.7 Å². The number of nitrogens with zero attached hydrogens (tertiary/aromatic N) is 1. The first-order valence-corrected chi connectivity index (χ1v) is 6.38. The highest BCUT2D eigenvalue weighted by atomic mass is 14.9. The summed E-state index contributed by atoms with van der Waals surface area (Å²) < 4.78 is 0. The van der Waals surface area contributed by atoms with Gasteiger partial charge in [-0.3, -0.25) is 0 Å². The normalized spacial score (nSPS) is 11.1. The number of fused-ring (bicyclic) bond motifs is 1. The standard InChI is InChI=1S/C16H17N3/c1-9-7-14-15(8-10(9)2)19-16(18-14)13-5-4-12(17)6-11(13)3/h4-8H,17H2,1-3H3,(H,18,19). The minimum Gasteiger partial charge on any atom is -0.399 e. The Bertz CT molecular complexity index is 730. The van der Waals surface area contributed by atoms with E-state index in [0.29, 0.717) is 0 Å². The highest BCUT2D eigenvalue weighted by molar-refractivity contribution is 5.81. The fourth-order valence-electron chi connectivity index (χ4n) is 2.35. The van der Waals surface area contributed by atoms with Gasteiger partial charge >= 0.3 is 0 Å². The number of nitrogens with one attached hydrogen (secondary N) is 1. The summed E-state index contributed by atoms with van der Waals surface area (Å²) in [6.07, 6.45) is 0. The van der Waals surface area contributed by atoms with Crippen LogP contribution in [0.5, 0.6) is 0 Å². The summed E-state index contributed by atoms with van der Waals surface area (Å²) in [5, 5.41) is 0. The van der Waals surface area contributed by atoms with E-state index in [2.05, 4.69) is 42.9 Å². The SMILES string of the molecule is Cc1cc2nc(-c3ccc(N)cc3C)[nH]c2cc1C. The lowest BCUT2D eigenvalue weighted by Gasteiger charge is -2.03. The number of nitrogens with two attached hydrogens (primary N) is 1. The van der Waals surface area contributed by atoms with Crippen molar-refractivity contribution in [2.24, 2.45) is 0 Å². The zero-order valence-corrected chi connectivity index (χ0v) is 11.4. The van der Waals surface area contributed by atoms with E-state index < -0.39 is 0 Å². The van der Waals surface area contributed by atoms with Crippen LogP contribution in [0.3, 0.4) is 0 Å². The topological polar surface area (TPSA) is 54.7 Å². The number of hydrogen-bond donors (Lipinski definition) is 2. The molecule has 96 valence electrons. The Labute approximate surface area is 112 Å². The van der Waals surface area contributed by atoms with E-state index in [0.717, 1.165) is 33.7 Å². The summed E-state index contributed by atoms with van der Waals surface area (Å²) in [5.74, 6) is 0.900. The fourth-order valence-corrected chi connectivity index (χ4v) is 2.35. The lowest BCUT2D eigenvalue weighted by atomic mass is 10.1. The Morgan fingerprint density at radius 3 is 2.42 bits per heavy atom. The summed E-state index contributed by atoms with van der Waals surface area (Å²) in [4.78, 5) is 8.07. The van der Waals surface area contributed by atoms with Crippen LogP contribution in [-0.2, 0) is 0 Å². The average molecular weight is 251 g/mol. The van der Waals surface area contributed by atoms with Crippen molar-refractivity contribution in [1.29, 1.82) is 0 Å². The Morgan fingerprint density at radius 1 is 0.947 bits per heavy atom. The summed E-state index contributed by atoms with van der Waals surface area (Å²) in [6.45, 7) is 6.27. The van der Waals surface area contributed by atoms with Gasteiger partial charge in [-0.25, -0.2) is 4.98 Å². The third kappa shape index (κ3) is 1.97. The fraction of sp³-hybridized carbons (Fsp3) is 0.188. The molecule has 0 aliphatic heterocycles. The Morgan fingerprint density at radius 2 is 1.68 bits per heavy atom. The van der Waals surface area contributed by atoms with Gasteiger partial charge in [0.05, 0.1) is 11.0 Å². The van der Waals surface area contributed by atoms with Gasteiger partial charge in [-0.15, -0.1) is 0 Å². The maximum atomic E-state index is 5.79. The van der Waals surface area contributed by atoms with Crippen molar-refractivity contribution in [3.05, 3.63) is 47.0 Å². The van der Waals surface area contributed by atoms with Crippen LogP contribution in [0.15, 0.2) is 30.3 Å². The van der Waals surface area contributed by atoms with E-state index in [1.54, 1.807) is 0 Å². The van der Waals surface area contributed by atoms with E-state index in [4.69, 9.17) is 5.73 Å². The van der Waals surface area contributed by atoms with Gasteiger partial charge in [0.15, 0.2) is 0 Å². The summed E-state index contributed by atoms with van der Waals surface area (Å²) in [5.41, 5.74) is 13.4. The van der Waals surface area contributed by atoms with Crippen molar-refractivity contribution >= 4 is 16.7 Å². The number of nitrogen functional groups attached to an aromatic ring is 1. The number of aromatic amines is 1. The van der Waals surface area contributed by atoms with Gasteiger partial charge in [0, 0.05) is 11.3 Å². The first kappa shape index (κ1) is 11.8. The molecule has 0 saturated heterocycles. The van der Waals surface area contributed by atoms with Crippen LogP contribution < -0.4 is 5.73 Å². The van der Waals surface area contributed by atoms with E-state index in [1.165, 1.54) is 11.1 Å². The van der Waals surface area contributed by atoms with Crippen molar-refractivity contribution in [2.45, 2.75) is 20.8 Å². The Balaban J connectivity index is 2.20. The van der Waals surface area contributed by atoms with Crippen molar-refractivity contribution in [3.8, 4) is 11.4 Å². The number of rotatable bonds is 1. The van der Waals surface area contributed by atoms with E-state index in [-0.39, 0.29) is 0 Å². The number of anilines is 1. The summed E-state index contributed by atoms with van der Waals surface area (Å²) >= 11 is 0. The second-order valence-electron chi connectivity index (χ2n) is 5.11.